The van der Waals surface area contributed by atoms with Gasteiger partial charge >= 0.3 is 0 Å². The van der Waals surface area contributed by atoms with E-state index in [2.05, 4.69) is 5.32 Å². The highest BCUT2D eigenvalue weighted by Crippen LogP contribution is 2.22. The first-order valence-corrected chi connectivity index (χ1v) is 9.74. The Morgan fingerprint density at radius 1 is 1.04 bits per heavy atom. The van der Waals surface area contributed by atoms with Crippen molar-refractivity contribution in [1.82, 2.24) is 14.5 Å². The highest BCUT2D eigenvalue weighted by molar-refractivity contribution is 7.89. The van der Waals surface area contributed by atoms with Crippen LogP contribution in [0.1, 0.15) is 29.6 Å². The maximum atomic E-state index is 14.4. The van der Waals surface area contributed by atoms with Crippen LogP contribution in [0.3, 0.4) is 0 Å². The molecule has 2 heterocycles. The third-order valence-corrected chi connectivity index (χ3v) is 6.40. The number of amides is 1. The Morgan fingerprint density at radius 2 is 1.76 bits per heavy atom. The Hall–Kier alpha value is -1.22. The van der Waals surface area contributed by atoms with Crippen LogP contribution >= 0.6 is 12.4 Å². The van der Waals surface area contributed by atoms with Crippen molar-refractivity contribution in [3.05, 3.63) is 29.6 Å². The number of nitrogens with zero attached hydrogens (tertiary/aromatic N) is 2. The standard InChI is InChI=1S/C16H22FN3O3S.ClH/c17-15-12-13(24(22,23)20-10-3-6-18-7-11-20)4-5-14(15)16(21)19-8-1-2-9-19;/h4-5,12,18H,1-3,6-11H2;1H. The van der Waals surface area contributed by atoms with E-state index in [4.69, 9.17) is 0 Å². The van der Waals surface area contributed by atoms with Crippen LogP contribution < -0.4 is 5.32 Å². The third kappa shape index (κ3) is 4.31. The van der Waals surface area contributed by atoms with Gasteiger partial charge in [0.15, 0.2) is 0 Å². The summed E-state index contributed by atoms with van der Waals surface area (Å²) in [5, 5.41) is 3.14. The molecule has 0 spiro atoms. The number of hydrogen-bond donors (Lipinski definition) is 1. The van der Waals surface area contributed by atoms with E-state index in [1.807, 2.05) is 0 Å². The van der Waals surface area contributed by atoms with Gasteiger partial charge in [0.1, 0.15) is 5.82 Å². The number of carbonyl (C=O) groups excluding carboxylic acids is 1. The van der Waals surface area contributed by atoms with Crippen LogP contribution in [0.25, 0.3) is 0 Å². The van der Waals surface area contributed by atoms with Crippen molar-refractivity contribution in [3.8, 4) is 0 Å². The number of hydrogen-bond acceptors (Lipinski definition) is 4. The number of benzene rings is 1. The molecule has 6 nitrogen and oxygen atoms in total. The molecule has 25 heavy (non-hydrogen) atoms. The molecular weight excluding hydrogens is 369 g/mol. The molecule has 0 unspecified atom stereocenters. The molecule has 9 heteroatoms. The molecule has 1 N–H and O–H groups in total. The van der Waals surface area contributed by atoms with Gasteiger partial charge in [0.2, 0.25) is 10.0 Å². The van der Waals surface area contributed by atoms with Crippen LogP contribution in [0.2, 0.25) is 0 Å². The van der Waals surface area contributed by atoms with Crippen molar-refractivity contribution < 1.29 is 17.6 Å². The summed E-state index contributed by atoms with van der Waals surface area (Å²) in [6.07, 6.45) is 2.55. The fourth-order valence-electron chi connectivity index (χ4n) is 3.13. The first-order chi connectivity index (χ1) is 11.5. The normalized spacial score (nSPS) is 19.3. The van der Waals surface area contributed by atoms with Gasteiger partial charge in [-0.1, -0.05) is 0 Å². The van der Waals surface area contributed by atoms with Crippen LogP contribution in [0, 0.1) is 5.82 Å². The van der Waals surface area contributed by atoms with Gasteiger partial charge in [-0.05, 0) is 44.0 Å². The molecule has 2 saturated heterocycles. The lowest BCUT2D eigenvalue weighted by Gasteiger charge is -2.20. The van der Waals surface area contributed by atoms with E-state index in [0.717, 1.165) is 25.5 Å². The van der Waals surface area contributed by atoms with E-state index in [9.17, 15) is 17.6 Å². The van der Waals surface area contributed by atoms with Crippen molar-refractivity contribution in [2.45, 2.75) is 24.2 Å². The highest BCUT2D eigenvalue weighted by atomic mass is 35.5. The zero-order valence-electron chi connectivity index (χ0n) is 13.9. The van der Waals surface area contributed by atoms with Gasteiger partial charge in [-0.2, -0.15) is 4.31 Å². The Bertz CT molecular complexity index is 715. The molecule has 0 aromatic heterocycles. The summed E-state index contributed by atoms with van der Waals surface area (Å²) in [4.78, 5) is 13.8. The van der Waals surface area contributed by atoms with Crippen molar-refractivity contribution in [2.24, 2.45) is 0 Å². The van der Waals surface area contributed by atoms with Gasteiger partial charge in [-0.15, -0.1) is 12.4 Å². The molecule has 1 aromatic carbocycles. The first-order valence-electron chi connectivity index (χ1n) is 8.30. The third-order valence-electron chi connectivity index (χ3n) is 4.50. The van der Waals surface area contributed by atoms with Gasteiger partial charge < -0.3 is 10.2 Å². The topological polar surface area (TPSA) is 69.7 Å². The maximum Gasteiger partial charge on any atom is 0.256 e. The molecule has 0 atom stereocenters. The monoisotopic (exact) mass is 391 g/mol. The molecule has 2 aliphatic heterocycles. The molecule has 140 valence electrons. The van der Waals surface area contributed by atoms with Crippen LogP contribution in [0.5, 0.6) is 0 Å². The predicted molar refractivity (Wildman–Crippen MR) is 95.0 cm³/mol. The fourth-order valence-corrected chi connectivity index (χ4v) is 4.62. The maximum absolute atomic E-state index is 14.4. The second-order valence-electron chi connectivity index (χ2n) is 6.15. The van der Waals surface area contributed by atoms with Gasteiger partial charge in [0.05, 0.1) is 10.5 Å². The number of halogens is 2. The average Bonchev–Trinajstić information content (AvgIpc) is 2.95. The summed E-state index contributed by atoms with van der Waals surface area (Å²) < 4.78 is 41.1. The van der Waals surface area contributed by atoms with E-state index in [0.29, 0.717) is 39.1 Å². The molecule has 1 aromatic rings. The molecule has 3 rings (SSSR count). The zero-order chi connectivity index (χ0) is 17.2. The van der Waals surface area contributed by atoms with E-state index in [-0.39, 0.29) is 28.8 Å². The van der Waals surface area contributed by atoms with Crippen LogP contribution in [-0.4, -0.2) is 62.8 Å². The van der Waals surface area contributed by atoms with Gasteiger partial charge in [0.25, 0.3) is 5.91 Å². The molecule has 1 amide bonds. The average molecular weight is 392 g/mol. The second-order valence-corrected chi connectivity index (χ2v) is 8.09. The molecule has 0 bridgehead atoms. The van der Waals surface area contributed by atoms with Crippen LogP contribution in [-0.2, 0) is 10.0 Å². The summed E-state index contributed by atoms with van der Waals surface area (Å²) in [7, 11) is -3.74. The van der Waals surface area contributed by atoms with E-state index >= 15 is 0 Å². The van der Waals surface area contributed by atoms with Crippen molar-refractivity contribution in [1.29, 1.82) is 0 Å². The number of rotatable bonds is 3. The van der Waals surface area contributed by atoms with E-state index < -0.39 is 15.8 Å². The van der Waals surface area contributed by atoms with Gasteiger partial charge in [-0.3, -0.25) is 4.79 Å². The molecule has 0 radical (unpaired) electrons. The fraction of sp³-hybridized carbons (Fsp3) is 0.562. The molecule has 2 fully saturated rings. The minimum absolute atomic E-state index is 0. The Kier molecular flexibility index (Phi) is 6.79. The predicted octanol–water partition coefficient (Wildman–Crippen LogP) is 1.47. The summed E-state index contributed by atoms with van der Waals surface area (Å²) in [5.41, 5.74) is -0.0617. The number of carbonyl (C=O) groups is 1. The zero-order valence-corrected chi connectivity index (χ0v) is 15.5. The Morgan fingerprint density at radius 3 is 2.44 bits per heavy atom. The Labute approximate surface area is 153 Å². The number of likely N-dealkylation sites (tertiary alicyclic amines) is 1. The van der Waals surface area contributed by atoms with Crippen molar-refractivity contribution in [3.63, 3.8) is 0 Å². The minimum atomic E-state index is -3.74. The Balaban J connectivity index is 0.00000225. The largest absolute Gasteiger partial charge is 0.339 e. The first kappa shape index (κ1) is 20.1. The number of sulfonamides is 1. The molecular formula is C16H23ClFN3O3S. The van der Waals surface area contributed by atoms with Gasteiger partial charge in [0, 0.05) is 32.7 Å². The van der Waals surface area contributed by atoms with Crippen LogP contribution in [0.15, 0.2) is 23.1 Å². The van der Waals surface area contributed by atoms with Gasteiger partial charge in [-0.25, -0.2) is 12.8 Å². The number of nitrogens with one attached hydrogen (secondary N) is 1. The quantitative estimate of drug-likeness (QED) is 0.847. The van der Waals surface area contributed by atoms with Crippen molar-refractivity contribution in [2.75, 3.05) is 39.3 Å². The molecule has 2 aliphatic rings. The van der Waals surface area contributed by atoms with E-state index in [1.54, 1.807) is 4.90 Å². The smallest absolute Gasteiger partial charge is 0.256 e. The highest BCUT2D eigenvalue weighted by Gasteiger charge is 2.28. The SMILES string of the molecule is Cl.O=C(c1ccc(S(=O)(=O)N2CCCNCC2)cc1F)N1CCCC1. The van der Waals surface area contributed by atoms with E-state index in [1.165, 1.54) is 16.4 Å². The van der Waals surface area contributed by atoms with Crippen LogP contribution in [0.4, 0.5) is 4.39 Å². The van der Waals surface area contributed by atoms with Crippen molar-refractivity contribution >= 4 is 28.3 Å². The second kappa shape index (κ2) is 8.44. The minimum Gasteiger partial charge on any atom is -0.339 e. The lowest BCUT2D eigenvalue weighted by molar-refractivity contribution is 0.0788. The summed E-state index contributed by atoms with van der Waals surface area (Å²) in [6.45, 7) is 3.36. The molecule has 0 saturated carbocycles. The lowest BCUT2D eigenvalue weighted by Crippen LogP contribution is -2.34. The lowest BCUT2D eigenvalue weighted by atomic mass is 10.2. The summed E-state index contributed by atoms with van der Waals surface area (Å²) in [5.74, 6) is -1.14. The summed E-state index contributed by atoms with van der Waals surface area (Å²) in [6, 6.07) is 3.59. The molecule has 0 aliphatic carbocycles. The summed E-state index contributed by atoms with van der Waals surface area (Å²) >= 11 is 0.